The smallest absolute Gasteiger partial charge is 0.317 e. The monoisotopic (exact) mass is 359 g/mol. The maximum absolute atomic E-state index is 11.1. The van der Waals surface area contributed by atoms with Crippen molar-refractivity contribution in [1.82, 2.24) is 9.88 Å². The maximum atomic E-state index is 11.1. The van der Waals surface area contributed by atoms with Crippen LogP contribution in [-0.4, -0.2) is 46.1 Å². The molecular weight excluding hydrogens is 338 g/mol. The molecule has 0 radical (unpaired) electrons. The van der Waals surface area contributed by atoms with Gasteiger partial charge in [-0.15, -0.1) is 0 Å². The van der Waals surface area contributed by atoms with Gasteiger partial charge in [0, 0.05) is 40.9 Å². The van der Waals surface area contributed by atoms with Crippen LogP contribution in [0.1, 0.15) is 25.7 Å². The lowest BCUT2D eigenvalue weighted by Gasteiger charge is -2.43. The molecule has 0 bridgehead atoms. The number of fused-ring (bicyclic) bond motifs is 1. The van der Waals surface area contributed by atoms with E-state index in [1.165, 1.54) is 12.8 Å². The number of nitrogens with one attached hydrogen (secondary N) is 1. The molecule has 6 heteroatoms. The second kappa shape index (κ2) is 6.81. The van der Waals surface area contributed by atoms with E-state index in [1.807, 2.05) is 24.3 Å². The Hall–Kier alpha value is -1.85. The van der Waals surface area contributed by atoms with Crippen molar-refractivity contribution >= 4 is 34.2 Å². The summed E-state index contributed by atoms with van der Waals surface area (Å²) in [7, 11) is 0. The number of rotatable bonds is 7. The van der Waals surface area contributed by atoms with E-state index in [2.05, 4.69) is 15.2 Å². The molecule has 1 aromatic carbocycles. The zero-order valence-electron chi connectivity index (χ0n) is 14.0. The van der Waals surface area contributed by atoms with Crippen molar-refractivity contribution in [1.29, 1.82) is 0 Å². The van der Waals surface area contributed by atoms with Crippen LogP contribution in [0.3, 0.4) is 0 Å². The Morgan fingerprint density at radius 1 is 1.32 bits per heavy atom. The average molecular weight is 360 g/mol. The summed E-state index contributed by atoms with van der Waals surface area (Å²) in [6.07, 6.45) is 6.25. The molecule has 2 N–H and O–H groups in total. The van der Waals surface area contributed by atoms with Crippen molar-refractivity contribution in [2.75, 3.05) is 18.4 Å². The summed E-state index contributed by atoms with van der Waals surface area (Å²) in [6, 6.07) is 8.48. The number of carboxylic acids is 1. The Balaban J connectivity index is 1.40. The molecule has 2 fully saturated rings. The van der Waals surface area contributed by atoms with Gasteiger partial charge in [0.25, 0.3) is 0 Å². The van der Waals surface area contributed by atoms with Crippen LogP contribution in [0.15, 0.2) is 30.5 Å². The molecule has 0 aliphatic heterocycles. The van der Waals surface area contributed by atoms with E-state index < -0.39 is 5.97 Å². The highest BCUT2D eigenvalue weighted by Gasteiger charge is 2.37. The van der Waals surface area contributed by atoms with Gasteiger partial charge in [-0.3, -0.25) is 14.7 Å². The third kappa shape index (κ3) is 3.88. The second-order valence-electron chi connectivity index (χ2n) is 7.25. The number of aromatic nitrogens is 1. The summed E-state index contributed by atoms with van der Waals surface area (Å²) in [6.45, 7) is 1.09. The van der Waals surface area contributed by atoms with Crippen LogP contribution < -0.4 is 5.32 Å². The third-order valence-corrected chi connectivity index (χ3v) is 5.46. The molecule has 0 spiro atoms. The van der Waals surface area contributed by atoms with Gasteiger partial charge in [-0.2, -0.15) is 0 Å². The van der Waals surface area contributed by atoms with Crippen molar-refractivity contribution in [3.63, 3.8) is 0 Å². The molecule has 1 heterocycles. The van der Waals surface area contributed by atoms with Crippen LogP contribution in [0.25, 0.3) is 10.9 Å². The minimum Gasteiger partial charge on any atom is -0.480 e. The summed E-state index contributed by atoms with van der Waals surface area (Å²) < 4.78 is 0. The van der Waals surface area contributed by atoms with Crippen LogP contribution in [0, 0.1) is 5.92 Å². The van der Waals surface area contributed by atoms with Gasteiger partial charge >= 0.3 is 5.97 Å². The number of pyridine rings is 1. The number of benzene rings is 1. The van der Waals surface area contributed by atoms with E-state index in [0.717, 1.165) is 36.0 Å². The number of anilines is 1. The molecule has 2 aliphatic carbocycles. The number of carboxylic acid groups (broad SMARTS) is 1. The summed E-state index contributed by atoms with van der Waals surface area (Å²) in [5, 5.41) is 14.5. The average Bonchev–Trinajstić information content (AvgIpc) is 3.33. The zero-order valence-corrected chi connectivity index (χ0v) is 14.7. The molecule has 0 amide bonds. The van der Waals surface area contributed by atoms with Gasteiger partial charge in [-0.25, -0.2) is 0 Å². The molecule has 2 aromatic rings. The highest BCUT2D eigenvalue weighted by Crippen LogP contribution is 2.35. The highest BCUT2D eigenvalue weighted by atomic mass is 35.5. The number of carbonyl (C=O) groups is 1. The van der Waals surface area contributed by atoms with E-state index in [0.29, 0.717) is 23.0 Å². The lowest BCUT2D eigenvalue weighted by atomic mass is 9.85. The molecule has 0 unspecified atom stereocenters. The van der Waals surface area contributed by atoms with E-state index in [9.17, 15) is 4.79 Å². The fourth-order valence-electron chi connectivity index (χ4n) is 3.62. The predicted molar refractivity (Wildman–Crippen MR) is 99.1 cm³/mol. The Morgan fingerprint density at radius 3 is 2.84 bits per heavy atom. The van der Waals surface area contributed by atoms with Gasteiger partial charge in [0.15, 0.2) is 0 Å². The fraction of sp³-hybridized carbons (Fsp3) is 0.474. The summed E-state index contributed by atoms with van der Waals surface area (Å²) in [5.41, 5.74) is 1.95. The molecule has 4 rings (SSSR count). The van der Waals surface area contributed by atoms with Gasteiger partial charge in [-0.05, 0) is 55.9 Å². The Morgan fingerprint density at radius 2 is 2.12 bits per heavy atom. The third-order valence-electron chi connectivity index (χ3n) is 5.22. The van der Waals surface area contributed by atoms with Crippen LogP contribution >= 0.6 is 11.6 Å². The van der Waals surface area contributed by atoms with Crippen molar-refractivity contribution < 1.29 is 9.90 Å². The molecule has 2 aliphatic rings. The van der Waals surface area contributed by atoms with Crippen LogP contribution in [0.2, 0.25) is 5.02 Å². The maximum Gasteiger partial charge on any atom is 0.317 e. The Labute approximate surface area is 152 Å². The van der Waals surface area contributed by atoms with Crippen molar-refractivity contribution in [3.8, 4) is 0 Å². The van der Waals surface area contributed by atoms with E-state index in [4.69, 9.17) is 16.7 Å². The Bertz CT molecular complexity index is 787. The van der Waals surface area contributed by atoms with E-state index in [1.54, 1.807) is 6.20 Å². The number of halogens is 1. The number of nitrogens with zero attached hydrogens (tertiary/aromatic N) is 2. The van der Waals surface area contributed by atoms with Crippen LogP contribution in [0.5, 0.6) is 0 Å². The standard InChI is InChI=1S/C19H22ClN3O2/c20-13-3-4-16-17(5-6-21-18(16)7-13)22-14-8-15(9-14)23(11-19(24)25)10-12-1-2-12/h3-7,12,14-15H,1-2,8-11H2,(H,21,22)(H,24,25). The van der Waals surface area contributed by atoms with E-state index >= 15 is 0 Å². The second-order valence-corrected chi connectivity index (χ2v) is 7.69. The predicted octanol–water partition coefficient (Wildman–Crippen LogP) is 3.63. The fourth-order valence-corrected chi connectivity index (χ4v) is 3.79. The molecule has 0 saturated heterocycles. The van der Waals surface area contributed by atoms with Crippen molar-refractivity contribution in [2.24, 2.45) is 5.92 Å². The van der Waals surface area contributed by atoms with Crippen molar-refractivity contribution in [2.45, 2.75) is 37.8 Å². The molecular formula is C19H22ClN3O2. The molecule has 132 valence electrons. The molecule has 25 heavy (non-hydrogen) atoms. The quantitative estimate of drug-likeness (QED) is 0.790. The first-order chi connectivity index (χ1) is 12.1. The summed E-state index contributed by atoms with van der Waals surface area (Å²) >= 11 is 6.04. The number of hydrogen-bond acceptors (Lipinski definition) is 4. The first-order valence-corrected chi connectivity index (χ1v) is 9.23. The first-order valence-electron chi connectivity index (χ1n) is 8.85. The van der Waals surface area contributed by atoms with E-state index in [-0.39, 0.29) is 6.54 Å². The Kier molecular flexibility index (Phi) is 4.52. The minimum atomic E-state index is -0.728. The summed E-state index contributed by atoms with van der Waals surface area (Å²) in [4.78, 5) is 17.7. The van der Waals surface area contributed by atoms with Gasteiger partial charge < -0.3 is 10.4 Å². The largest absolute Gasteiger partial charge is 0.480 e. The lowest BCUT2D eigenvalue weighted by Crippen LogP contribution is -2.52. The zero-order chi connectivity index (χ0) is 17.4. The van der Waals surface area contributed by atoms with Gasteiger partial charge in [0.2, 0.25) is 0 Å². The first kappa shape index (κ1) is 16.6. The number of aliphatic carboxylic acids is 1. The molecule has 0 atom stereocenters. The van der Waals surface area contributed by atoms with Crippen LogP contribution in [0.4, 0.5) is 5.69 Å². The topological polar surface area (TPSA) is 65.5 Å². The van der Waals surface area contributed by atoms with Crippen molar-refractivity contribution in [3.05, 3.63) is 35.5 Å². The van der Waals surface area contributed by atoms with Gasteiger partial charge in [0.05, 0.1) is 12.1 Å². The molecule has 1 aromatic heterocycles. The lowest BCUT2D eigenvalue weighted by molar-refractivity contribution is -0.139. The summed E-state index contributed by atoms with van der Waals surface area (Å²) in [5.74, 6) is -0.0192. The molecule has 2 saturated carbocycles. The van der Waals surface area contributed by atoms with Gasteiger partial charge in [0.1, 0.15) is 0 Å². The SMILES string of the molecule is O=C(O)CN(CC1CC1)C1CC(Nc2ccnc3cc(Cl)ccc23)C1. The van der Waals surface area contributed by atoms with Gasteiger partial charge in [-0.1, -0.05) is 11.6 Å². The normalized spacial score (nSPS) is 22.8. The highest BCUT2D eigenvalue weighted by molar-refractivity contribution is 6.31. The van der Waals surface area contributed by atoms with Crippen LogP contribution in [-0.2, 0) is 4.79 Å². The molecule has 5 nitrogen and oxygen atoms in total. The number of hydrogen-bond donors (Lipinski definition) is 2. The minimum absolute atomic E-state index is 0.157.